The Labute approximate surface area is 123 Å². The van der Waals surface area contributed by atoms with Crippen molar-refractivity contribution in [3.05, 3.63) is 29.5 Å². The SMILES string of the molecule is Cc1ocnc1C(=O)N1CCn2c(C(C)C)nnc2C1C. The summed E-state index contributed by atoms with van der Waals surface area (Å²) in [6, 6.07) is -0.123. The van der Waals surface area contributed by atoms with Crippen LogP contribution in [-0.2, 0) is 6.54 Å². The number of hydrogen-bond donors (Lipinski definition) is 0. The lowest BCUT2D eigenvalue weighted by Crippen LogP contribution is -2.42. The Morgan fingerprint density at radius 2 is 2.14 bits per heavy atom. The van der Waals surface area contributed by atoms with Gasteiger partial charge in [-0.1, -0.05) is 13.8 Å². The molecule has 0 radical (unpaired) electrons. The summed E-state index contributed by atoms with van der Waals surface area (Å²) in [7, 11) is 0. The fraction of sp³-hybridized carbons (Fsp3) is 0.571. The molecule has 1 amide bonds. The molecule has 21 heavy (non-hydrogen) atoms. The molecule has 0 fully saturated rings. The minimum atomic E-state index is -0.123. The molecular weight excluding hydrogens is 270 g/mol. The van der Waals surface area contributed by atoms with E-state index in [1.165, 1.54) is 6.39 Å². The van der Waals surface area contributed by atoms with Gasteiger partial charge in [-0.2, -0.15) is 0 Å². The van der Waals surface area contributed by atoms with E-state index in [4.69, 9.17) is 4.42 Å². The highest BCUT2D eigenvalue weighted by atomic mass is 16.3. The molecule has 0 bridgehead atoms. The predicted octanol–water partition coefficient (Wildman–Crippen LogP) is 1.91. The molecule has 0 saturated carbocycles. The van der Waals surface area contributed by atoms with Gasteiger partial charge in [0, 0.05) is 19.0 Å². The van der Waals surface area contributed by atoms with Crippen LogP contribution in [0.25, 0.3) is 0 Å². The Hall–Kier alpha value is -2.18. The third kappa shape index (κ3) is 2.12. The zero-order valence-electron chi connectivity index (χ0n) is 12.7. The number of amides is 1. The van der Waals surface area contributed by atoms with E-state index in [2.05, 4.69) is 33.6 Å². The van der Waals surface area contributed by atoms with Crippen molar-refractivity contribution in [2.45, 2.75) is 46.2 Å². The van der Waals surface area contributed by atoms with Crippen LogP contribution in [0.5, 0.6) is 0 Å². The van der Waals surface area contributed by atoms with Gasteiger partial charge < -0.3 is 13.9 Å². The fourth-order valence-electron chi connectivity index (χ4n) is 2.76. The van der Waals surface area contributed by atoms with Crippen molar-refractivity contribution in [3.8, 4) is 0 Å². The van der Waals surface area contributed by atoms with E-state index in [1.807, 2.05) is 6.92 Å². The van der Waals surface area contributed by atoms with Gasteiger partial charge in [0.2, 0.25) is 0 Å². The number of aromatic nitrogens is 4. The van der Waals surface area contributed by atoms with E-state index in [-0.39, 0.29) is 11.9 Å². The van der Waals surface area contributed by atoms with Gasteiger partial charge in [-0.3, -0.25) is 4.79 Å². The number of aryl methyl sites for hydroxylation is 1. The van der Waals surface area contributed by atoms with Crippen LogP contribution < -0.4 is 0 Å². The predicted molar refractivity (Wildman–Crippen MR) is 74.8 cm³/mol. The normalized spacial score (nSPS) is 18.1. The first kappa shape index (κ1) is 13.8. The monoisotopic (exact) mass is 289 g/mol. The first-order chi connectivity index (χ1) is 10.0. The fourth-order valence-corrected chi connectivity index (χ4v) is 2.76. The van der Waals surface area contributed by atoms with Crippen molar-refractivity contribution in [3.63, 3.8) is 0 Å². The maximum absolute atomic E-state index is 12.6. The molecule has 0 saturated heterocycles. The van der Waals surface area contributed by atoms with Crippen LogP contribution in [0.3, 0.4) is 0 Å². The lowest BCUT2D eigenvalue weighted by atomic mass is 10.1. The van der Waals surface area contributed by atoms with Crippen LogP contribution >= 0.6 is 0 Å². The number of fused-ring (bicyclic) bond motifs is 1. The minimum Gasteiger partial charge on any atom is -0.448 e. The van der Waals surface area contributed by atoms with Crippen molar-refractivity contribution in [2.24, 2.45) is 0 Å². The van der Waals surface area contributed by atoms with E-state index < -0.39 is 0 Å². The van der Waals surface area contributed by atoms with Gasteiger partial charge in [0.15, 0.2) is 17.9 Å². The Morgan fingerprint density at radius 3 is 2.76 bits per heavy atom. The summed E-state index contributed by atoms with van der Waals surface area (Å²) < 4.78 is 7.24. The van der Waals surface area contributed by atoms with Crippen LogP contribution in [0.2, 0.25) is 0 Å². The summed E-state index contributed by atoms with van der Waals surface area (Å²) in [6.45, 7) is 9.24. The van der Waals surface area contributed by atoms with Gasteiger partial charge in [0.1, 0.15) is 11.6 Å². The second kappa shape index (κ2) is 4.98. The molecule has 0 aromatic carbocycles. The lowest BCUT2D eigenvalue weighted by Gasteiger charge is -2.33. The van der Waals surface area contributed by atoms with E-state index in [0.717, 1.165) is 11.6 Å². The highest BCUT2D eigenvalue weighted by molar-refractivity contribution is 5.93. The molecule has 2 aromatic heterocycles. The molecule has 3 heterocycles. The summed E-state index contributed by atoms with van der Waals surface area (Å²) in [5.74, 6) is 2.55. The third-order valence-corrected chi connectivity index (χ3v) is 3.94. The smallest absolute Gasteiger partial charge is 0.276 e. The Bertz CT molecular complexity index is 673. The molecule has 1 aliphatic heterocycles. The molecule has 1 atom stereocenters. The van der Waals surface area contributed by atoms with Gasteiger partial charge in [-0.15, -0.1) is 10.2 Å². The van der Waals surface area contributed by atoms with Gasteiger partial charge in [0.25, 0.3) is 5.91 Å². The van der Waals surface area contributed by atoms with Crippen LogP contribution in [0.1, 0.15) is 60.6 Å². The van der Waals surface area contributed by atoms with Crippen LogP contribution in [0, 0.1) is 6.92 Å². The number of nitrogens with zero attached hydrogens (tertiary/aromatic N) is 5. The van der Waals surface area contributed by atoms with Crippen molar-refractivity contribution in [1.82, 2.24) is 24.6 Å². The van der Waals surface area contributed by atoms with Gasteiger partial charge in [0.05, 0.1) is 6.04 Å². The maximum Gasteiger partial charge on any atom is 0.276 e. The van der Waals surface area contributed by atoms with Crippen molar-refractivity contribution in [2.75, 3.05) is 6.54 Å². The van der Waals surface area contributed by atoms with E-state index in [9.17, 15) is 4.79 Å². The van der Waals surface area contributed by atoms with Crippen LogP contribution in [0.4, 0.5) is 0 Å². The summed E-state index contributed by atoms with van der Waals surface area (Å²) in [5.41, 5.74) is 0.374. The zero-order valence-corrected chi connectivity index (χ0v) is 12.7. The van der Waals surface area contributed by atoms with E-state index >= 15 is 0 Å². The average Bonchev–Trinajstić information content (AvgIpc) is 3.04. The number of rotatable bonds is 2. The molecular formula is C14H19N5O2. The highest BCUT2D eigenvalue weighted by Gasteiger charge is 2.33. The first-order valence-electron chi connectivity index (χ1n) is 7.14. The maximum atomic E-state index is 12.6. The Morgan fingerprint density at radius 1 is 1.38 bits per heavy atom. The van der Waals surface area contributed by atoms with Gasteiger partial charge in [-0.25, -0.2) is 4.98 Å². The molecule has 1 aliphatic rings. The summed E-state index contributed by atoms with van der Waals surface area (Å²) >= 11 is 0. The van der Waals surface area contributed by atoms with E-state index in [0.29, 0.717) is 30.5 Å². The molecule has 0 spiro atoms. The number of oxazole rings is 1. The van der Waals surface area contributed by atoms with Crippen molar-refractivity contribution < 1.29 is 9.21 Å². The van der Waals surface area contributed by atoms with Gasteiger partial charge in [-0.05, 0) is 13.8 Å². The highest BCUT2D eigenvalue weighted by Crippen LogP contribution is 2.28. The Balaban J connectivity index is 1.91. The molecule has 2 aromatic rings. The van der Waals surface area contributed by atoms with Crippen LogP contribution in [0.15, 0.2) is 10.8 Å². The second-order valence-corrected chi connectivity index (χ2v) is 5.65. The number of hydrogen-bond acceptors (Lipinski definition) is 5. The number of carbonyl (C=O) groups is 1. The molecule has 1 unspecified atom stereocenters. The number of carbonyl (C=O) groups excluding carboxylic acids is 1. The molecule has 0 N–H and O–H groups in total. The third-order valence-electron chi connectivity index (χ3n) is 3.94. The van der Waals surface area contributed by atoms with Crippen molar-refractivity contribution >= 4 is 5.91 Å². The molecule has 7 heteroatoms. The lowest BCUT2D eigenvalue weighted by molar-refractivity contribution is 0.0629. The summed E-state index contributed by atoms with van der Waals surface area (Å²) in [5, 5.41) is 8.53. The second-order valence-electron chi connectivity index (χ2n) is 5.65. The van der Waals surface area contributed by atoms with E-state index in [1.54, 1.807) is 11.8 Å². The quantitative estimate of drug-likeness (QED) is 0.844. The summed E-state index contributed by atoms with van der Waals surface area (Å²) in [4.78, 5) is 18.4. The van der Waals surface area contributed by atoms with Gasteiger partial charge >= 0.3 is 0 Å². The molecule has 0 aliphatic carbocycles. The molecule has 3 rings (SSSR count). The Kier molecular flexibility index (Phi) is 3.27. The molecule has 112 valence electrons. The topological polar surface area (TPSA) is 77.0 Å². The largest absolute Gasteiger partial charge is 0.448 e. The van der Waals surface area contributed by atoms with Crippen LogP contribution in [-0.4, -0.2) is 37.1 Å². The molecule has 7 nitrogen and oxygen atoms in total. The van der Waals surface area contributed by atoms with Crippen molar-refractivity contribution in [1.29, 1.82) is 0 Å². The first-order valence-corrected chi connectivity index (χ1v) is 7.14. The minimum absolute atomic E-state index is 0.117. The zero-order chi connectivity index (χ0) is 15.1. The summed E-state index contributed by atoms with van der Waals surface area (Å²) in [6.07, 6.45) is 1.30. The average molecular weight is 289 g/mol. The standard InChI is InChI=1S/C14H19N5O2/c1-8(2)12-16-17-13-9(3)18(5-6-19(12)13)14(20)11-10(4)21-7-15-11/h7-9H,5-6H2,1-4H3.